The second-order valence-corrected chi connectivity index (χ2v) is 7.94. The van der Waals surface area contributed by atoms with Gasteiger partial charge in [-0.1, -0.05) is 5.16 Å². The average molecular weight is 291 g/mol. The van der Waals surface area contributed by atoms with Gasteiger partial charge in [0.05, 0.1) is 5.92 Å². The molecule has 6 nitrogen and oxygen atoms in total. The molecule has 1 aromatic heterocycles. The van der Waals surface area contributed by atoms with Crippen LogP contribution >= 0.6 is 11.8 Å². The fourth-order valence-electron chi connectivity index (χ4n) is 1.84. The molecule has 102 valence electrons. The Labute approximate surface area is 111 Å². The Morgan fingerprint density at radius 1 is 1.50 bits per heavy atom. The Morgan fingerprint density at radius 2 is 2.22 bits per heavy atom. The van der Waals surface area contributed by atoms with Crippen molar-refractivity contribution < 1.29 is 12.9 Å². The molecule has 3 unspecified atom stereocenters. The molecule has 0 aliphatic carbocycles. The van der Waals surface area contributed by atoms with Crippen LogP contribution in [0.4, 0.5) is 0 Å². The maximum absolute atomic E-state index is 11.4. The van der Waals surface area contributed by atoms with Crippen LogP contribution in [0.5, 0.6) is 0 Å². The minimum absolute atomic E-state index is 0.160. The van der Waals surface area contributed by atoms with Crippen LogP contribution < -0.4 is 5.32 Å². The van der Waals surface area contributed by atoms with Crippen LogP contribution in [-0.4, -0.2) is 49.4 Å². The number of aromatic nitrogens is 2. The van der Waals surface area contributed by atoms with E-state index in [1.807, 2.05) is 18.8 Å². The van der Waals surface area contributed by atoms with Gasteiger partial charge in [0.25, 0.3) is 0 Å². The van der Waals surface area contributed by atoms with Crippen LogP contribution in [0.3, 0.4) is 0 Å². The van der Waals surface area contributed by atoms with Crippen molar-refractivity contribution in [2.75, 3.05) is 24.8 Å². The van der Waals surface area contributed by atoms with E-state index in [4.69, 9.17) is 4.52 Å². The van der Waals surface area contributed by atoms with Crippen molar-refractivity contribution in [3.8, 4) is 0 Å². The molecule has 2 heterocycles. The van der Waals surface area contributed by atoms with Crippen LogP contribution in [0.25, 0.3) is 0 Å². The maximum atomic E-state index is 11.4. The predicted molar refractivity (Wildman–Crippen MR) is 70.5 cm³/mol. The molecule has 1 N–H and O–H groups in total. The molecule has 0 spiro atoms. The van der Waals surface area contributed by atoms with Crippen LogP contribution in [0, 0.1) is 0 Å². The second kappa shape index (κ2) is 5.18. The first kappa shape index (κ1) is 13.8. The van der Waals surface area contributed by atoms with E-state index in [0.717, 1.165) is 11.5 Å². The molecule has 1 fully saturated rings. The number of nitrogens with one attached hydrogen (secondary N) is 1. The molecule has 8 heteroatoms. The highest BCUT2D eigenvalue weighted by molar-refractivity contribution is 7.99. The van der Waals surface area contributed by atoms with Gasteiger partial charge in [0.2, 0.25) is 5.89 Å². The van der Waals surface area contributed by atoms with E-state index in [2.05, 4.69) is 15.5 Å². The normalized spacial score (nSPS) is 26.4. The largest absolute Gasteiger partial charge is 0.339 e. The summed E-state index contributed by atoms with van der Waals surface area (Å²) in [6, 6.07) is 0.303. The third kappa shape index (κ3) is 2.70. The summed E-state index contributed by atoms with van der Waals surface area (Å²) in [6.45, 7) is 1.57. The Kier molecular flexibility index (Phi) is 3.98. The average Bonchev–Trinajstić information content (AvgIpc) is 2.94. The lowest BCUT2D eigenvalue weighted by molar-refractivity contribution is 0.340. The van der Waals surface area contributed by atoms with Crippen molar-refractivity contribution in [2.24, 2.45) is 0 Å². The lowest BCUT2D eigenvalue weighted by Gasteiger charge is -2.13. The number of nitrogens with zero attached hydrogens (tertiary/aromatic N) is 2. The minimum atomic E-state index is -3.19. The summed E-state index contributed by atoms with van der Waals surface area (Å²) in [4.78, 5) is 4.25. The van der Waals surface area contributed by atoms with Gasteiger partial charge in [-0.25, -0.2) is 8.42 Å². The van der Waals surface area contributed by atoms with Gasteiger partial charge in [-0.15, -0.1) is 0 Å². The third-order valence-electron chi connectivity index (χ3n) is 3.23. The van der Waals surface area contributed by atoms with Crippen LogP contribution in [0.1, 0.15) is 29.8 Å². The summed E-state index contributed by atoms with van der Waals surface area (Å²) in [5.41, 5.74) is 0. The van der Waals surface area contributed by atoms with Crippen LogP contribution in [0.15, 0.2) is 4.52 Å². The van der Waals surface area contributed by atoms with E-state index in [1.54, 1.807) is 6.92 Å². The zero-order valence-corrected chi connectivity index (χ0v) is 12.2. The van der Waals surface area contributed by atoms with Crippen molar-refractivity contribution in [1.82, 2.24) is 15.5 Å². The molecular formula is C10H17N3O3S2. The molecule has 1 saturated heterocycles. The zero-order valence-electron chi connectivity index (χ0n) is 10.6. The van der Waals surface area contributed by atoms with Crippen LogP contribution in [-0.2, 0) is 9.84 Å². The van der Waals surface area contributed by atoms with Gasteiger partial charge in [-0.2, -0.15) is 16.7 Å². The summed E-state index contributed by atoms with van der Waals surface area (Å²) >= 11 is 1.82. The first-order valence-corrected chi connectivity index (χ1v) is 8.81. The number of hydrogen-bond acceptors (Lipinski definition) is 7. The Morgan fingerprint density at radius 3 is 2.83 bits per heavy atom. The second-order valence-electron chi connectivity index (χ2n) is 4.50. The predicted octanol–water partition coefficient (Wildman–Crippen LogP) is 0.594. The molecule has 2 rings (SSSR count). The monoisotopic (exact) mass is 291 g/mol. The summed E-state index contributed by atoms with van der Waals surface area (Å²) in [6.07, 6.45) is 1.18. The standard InChI is InChI=1S/C10H17N3O3S2/c1-6(18(3,14)15)9-12-10(16-13-9)7-4-17-5-8(7)11-2/h6-8,11H,4-5H2,1-3H3. The Balaban J connectivity index is 2.20. The summed E-state index contributed by atoms with van der Waals surface area (Å²) in [7, 11) is -1.29. The number of thioether (sulfide) groups is 1. The molecule has 0 bridgehead atoms. The molecule has 18 heavy (non-hydrogen) atoms. The number of hydrogen-bond donors (Lipinski definition) is 1. The summed E-state index contributed by atoms with van der Waals surface area (Å²) in [5, 5.41) is 6.28. The Hall–Kier alpha value is -0.600. The SMILES string of the molecule is CNC1CSCC1c1nc(C(C)S(C)(=O)=O)no1. The smallest absolute Gasteiger partial charge is 0.232 e. The van der Waals surface area contributed by atoms with Gasteiger partial charge in [0, 0.05) is 23.8 Å². The van der Waals surface area contributed by atoms with Crippen molar-refractivity contribution in [2.45, 2.75) is 24.1 Å². The number of sulfone groups is 1. The lowest BCUT2D eigenvalue weighted by atomic mass is 10.0. The Bertz CT molecular complexity index is 514. The van der Waals surface area contributed by atoms with Crippen LogP contribution in [0.2, 0.25) is 0 Å². The van der Waals surface area contributed by atoms with E-state index in [1.165, 1.54) is 6.26 Å². The third-order valence-corrected chi connectivity index (χ3v) is 5.92. The molecule has 1 aromatic rings. The minimum Gasteiger partial charge on any atom is -0.339 e. The van der Waals surface area contributed by atoms with Gasteiger partial charge in [0.15, 0.2) is 15.7 Å². The molecule has 0 saturated carbocycles. The summed E-state index contributed by atoms with van der Waals surface area (Å²) < 4.78 is 28.1. The van der Waals surface area contributed by atoms with Crippen molar-refractivity contribution in [3.05, 3.63) is 11.7 Å². The molecule has 0 radical (unpaired) electrons. The van der Waals surface area contributed by atoms with Crippen molar-refractivity contribution in [1.29, 1.82) is 0 Å². The first-order valence-electron chi connectivity index (χ1n) is 5.71. The van der Waals surface area contributed by atoms with E-state index >= 15 is 0 Å². The molecule has 1 aliphatic heterocycles. The van der Waals surface area contributed by atoms with Crippen molar-refractivity contribution in [3.63, 3.8) is 0 Å². The van der Waals surface area contributed by atoms with Gasteiger partial charge >= 0.3 is 0 Å². The highest BCUT2D eigenvalue weighted by Gasteiger charge is 2.33. The van der Waals surface area contributed by atoms with E-state index in [0.29, 0.717) is 11.9 Å². The van der Waals surface area contributed by atoms with E-state index in [9.17, 15) is 8.42 Å². The molecular weight excluding hydrogens is 274 g/mol. The van der Waals surface area contributed by atoms with Gasteiger partial charge in [-0.05, 0) is 14.0 Å². The highest BCUT2D eigenvalue weighted by Crippen LogP contribution is 2.32. The molecule has 0 aromatic carbocycles. The number of likely N-dealkylation sites (N-methyl/N-ethyl adjacent to an activating group) is 1. The fraction of sp³-hybridized carbons (Fsp3) is 0.800. The van der Waals surface area contributed by atoms with Gasteiger partial charge < -0.3 is 9.84 Å². The van der Waals surface area contributed by atoms with Gasteiger partial charge in [0.1, 0.15) is 5.25 Å². The molecule has 3 atom stereocenters. The van der Waals surface area contributed by atoms with E-state index < -0.39 is 15.1 Å². The first-order chi connectivity index (χ1) is 8.43. The fourth-order valence-corrected chi connectivity index (χ4v) is 3.73. The maximum Gasteiger partial charge on any atom is 0.232 e. The quantitative estimate of drug-likeness (QED) is 0.869. The molecule has 0 amide bonds. The lowest BCUT2D eigenvalue weighted by Crippen LogP contribution is -2.31. The summed E-state index contributed by atoms with van der Waals surface area (Å²) in [5.74, 6) is 2.86. The van der Waals surface area contributed by atoms with E-state index in [-0.39, 0.29) is 11.7 Å². The highest BCUT2D eigenvalue weighted by atomic mass is 32.2. The number of rotatable bonds is 4. The topological polar surface area (TPSA) is 85.1 Å². The zero-order chi connectivity index (χ0) is 13.3. The van der Waals surface area contributed by atoms with Crippen molar-refractivity contribution >= 4 is 21.6 Å². The molecule has 1 aliphatic rings. The van der Waals surface area contributed by atoms with Gasteiger partial charge in [-0.3, -0.25) is 0 Å².